The summed E-state index contributed by atoms with van der Waals surface area (Å²) in [6.45, 7) is 3.51. The summed E-state index contributed by atoms with van der Waals surface area (Å²) in [5, 5.41) is 23.7. The minimum absolute atomic E-state index is 0.137. The number of H-pyrrole nitrogens is 1. The van der Waals surface area contributed by atoms with E-state index < -0.39 is 9.84 Å². The number of nitrogens with one attached hydrogen (secondary N) is 3. The lowest BCUT2D eigenvalue weighted by Gasteiger charge is -2.19. The quantitative estimate of drug-likeness (QED) is 0.301. The first-order valence-electron chi connectivity index (χ1n) is 10.6. The van der Waals surface area contributed by atoms with E-state index in [1.54, 1.807) is 31.3 Å². The first kappa shape index (κ1) is 23.4. The fourth-order valence-electron chi connectivity index (χ4n) is 3.65. The lowest BCUT2D eigenvalue weighted by atomic mass is 10.1. The molecule has 0 saturated carbocycles. The third-order valence-electron chi connectivity index (χ3n) is 5.30. The molecule has 0 aliphatic heterocycles. The SMILES string of the molecule is Cc1cc(-c2cnc(Nc3ccc(S(C)(=O)=O)c(C)c3)nc2N[C@H](CO)c2ccccc2)n[nH]1. The number of nitrogens with zero attached hydrogens (tertiary/aromatic N) is 3. The van der Waals surface area contributed by atoms with E-state index in [1.165, 1.54) is 6.26 Å². The molecule has 9 nitrogen and oxygen atoms in total. The van der Waals surface area contributed by atoms with Gasteiger partial charge in [-0.05, 0) is 49.2 Å². The Morgan fingerprint density at radius 2 is 1.85 bits per heavy atom. The highest BCUT2D eigenvalue weighted by atomic mass is 32.2. The standard InChI is InChI=1S/C24H26N6O3S/c1-15-11-18(9-10-22(15)34(3,32)33)26-24-25-13-19(20-12-16(2)29-30-20)23(28-24)27-21(14-31)17-7-5-4-6-8-17/h4-13,21,31H,14H2,1-3H3,(H,29,30)(H2,25,26,27,28)/t21-/m1/s1. The van der Waals surface area contributed by atoms with Crippen molar-refractivity contribution in [2.45, 2.75) is 24.8 Å². The van der Waals surface area contributed by atoms with Crippen molar-refractivity contribution in [3.05, 3.63) is 77.6 Å². The second-order valence-electron chi connectivity index (χ2n) is 8.06. The summed E-state index contributed by atoms with van der Waals surface area (Å²) in [6, 6.07) is 16.1. The molecule has 0 saturated heterocycles. The number of aromatic amines is 1. The summed E-state index contributed by atoms with van der Waals surface area (Å²) in [7, 11) is -3.31. The molecular formula is C24H26N6O3S. The molecule has 0 radical (unpaired) electrons. The Morgan fingerprint density at radius 1 is 1.09 bits per heavy atom. The largest absolute Gasteiger partial charge is 0.394 e. The summed E-state index contributed by atoms with van der Waals surface area (Å²) in [5.41, 5.74) is 4.43. The molecule has 0 amide bonds. The van der Waals surface area contributed by atoms with Gasteiger partial charge in [0.05, 0.1) is 28.8 Å². The van der Waals surface area contributed by atoms with Gasteiger partial charge in [-0.25, -0.2) is 13.4 Å². The highest BCUT2D eigenvalue weighted by Crippen LogP contribution is 2.30. The Balaban J connectivity index is 1.69. The predicted molar refractivity (Wildman–Crippen MR) is 132 cm³/mol. The minimum Gasteiger partial charge on any atom is -0.394 e. The molecule has 34 heavy (non-hydrogen) atoms. The van der Waals surface area contributed by atoms with Gasteiger partial charge >= 0.3 is 0 Å². The molecule has 2 aromatic heterocycles. The maximum atomic E-state index is 11.9. The van der Waals surface area contributed by atoms with Crippen LogP contribution in [0.3, 0.4) is 0 Å². The fourth-order valence-corrected chi connectivity index (χ4v) is 4.61. The monoisotopic (exact) mass is 478 g/mol. The van der Waals surface area contributed by atoms with E-state index in [4.69, 9.17) is 0 Å². The van der Waals surface area contributed by atoms with Crippen molar-refractivity contribution in [3.63, 3.8) is 0 Å². The predicted octanol–water partition coefficient (Wildman–Crippen LogP) is 3.78. The first-order valence-corrected chi connectivity index (χ1v) is 12.5. The van der Waals surface area contributed by atoms with E-state index in [0.717, 1.165) is 11.3 Å². The molecule has 1 atom stereocenters. The molecule has 0 aliphatic rings. The third kappa shape index (κ3) is 5.24. The van der Waals surface area contributed by atoms with Crippen LogP contribution in [0.15, 0.2) is 65.7 Å². The number of sulfone groups is 1. The van der Waals surface area contributed by atoms with Crippen LogP contribution in [0.5, 0.6) is 0 Å². The van der Waals surface area contributed by atoms with E-state index in [-0.39, 0.29) is 17.5 Å². The Kier molecular flexibility index (Phi) is 6.62. The van der Waals surface area contributed by atoms with Crippen LogP contribution in [-0.4, -0.2) is 46.6 Å². The zero-order valence-electron chi connectivity index (χ0n) is 19.1. The van der Waals surface area contributed by atoms with Gasteiger partial charge in [0.25, 0.3) is 0 Å². The maximum absolute atomic E-state index is 11.9. The maximum Gasteiger partial charge on any atom is 0.229 e. The van der Waals surface area contributed by atoms with Crippen molar-refractivity contribution < 1.29 is 13.5 Å². The van der Waals surface area contributed by atoms with Gasteiger partial charge in [0, 0.05) is 23.8 Å². The lowest BCUT2D eigenvalue weighted by Crippen LogP contribution is -2.17. The van der Waals surface area contributed by atoms with Crippen LogP contribution in [0.1, 0.15) is 22.9 Å². The smallest absolute Gasteiger partial charge is 0.229 e. The minimum atomic E-state index is -3.31. The fraction of sp³-hybridized carbons (Fsp3) is 0.208. The number of hydrogen-bond acceptors (Lipinski definition) is 8. The summed E-state index contributed by atoms with van der Waals surface area (Å²) in [6.07, 6.45) is 2.84. The van der Waals surface area contributed by atoms with Crippen LogP contribution in [0, 0.1) is 13.8 Å². The van der Waals surface area contributed by atoms with Gasteiger partial charge in [-0.2, -0.15) is 10.1 Å². The van der Waals surface area contributed by atoms with Gasteiger partial charge in [-0.1, -0.05) is 30.3 Å². The molecule has 0 aliphatic carbocycles. The normalized spacial score (nSPS) is 12.4. The molecule has 4 rings (SSSR count). The molecule has 2 heterocycles. The highest BCUT2D eigenvalue weighted by Gasteiger charge is 2.18. The van der Waals surface area contributed by atoms with E-state index in [2.05, 4.69) is 30.8 Å². The Labute approximate surface area is 198 Å². The second-order valence-corrected chi connectivity index (χ2v) is 10.0. The average Bonchev–Trinajstić information content (AvgIpc) is 3.23. The molecule has 4 N–H and O–H groups in total. The average molecular weight is 479 g/mol. The number of rotatable bonds is 8. The number of aromatic nitrogens is 4. The summed E-state index contributed by atoms with van der Waals surface area (Å²) >= 11 is 0. The molecule has 4 aromatic rings. The summed E-state index contributed by atoms with van der Waals surface area (Å²) in [4.78, 5) is 9.36. The molecular weight excluding hydrogens is 452 g/mol. The third-order valence-corrected chi connectivity index (χ3v) is 6.55. The Bertz CT molecular complexity index is 1400. The van der Waals surface area contributed by atoms with Gasteiger partial charge < -0.3 is 15.7 Å². The molecule has 0 spiro atoms. The van der Waals surface area contributed by atoms with Crippen LogP contribution in [0.25, 0.3) is 11.3 Å². The van der Waals surface area contributed by atoms with Crippen molar-refractivity contribution >= 4 is 27.3 Å². The Morgan fingerprint density at radius 3 is 2.47 bits per heavy atom. The molecule has 10 heteroatoms. The zero-order valence-corrected chi connectivity index (χ0v) is 19.9. The number of aryl methyl sites for hydroxylation is 2. The molecule has 176 valence electrons. The summed E-state index contributed by atoms with van der Waals surface area (Å²) < 4.78 is 23.8. The van der Waals surface area contributed by atoms with Gasteiger partial charge in [0.1, 0.15) is 5.82 Å². The van der Waals surface area contributed by atoms with Gasteiger partial charge in [-0.3, -0.25) is 5.10 Å². The van der Waals surface area contributed by atoms with Gasteiger partial charge in [0.2, 0.25) is 5.95 Å². The second kappa shape index (κ2) is 9.62. The van der Waals surface area contributed by atoms with E-state index >= 15 is 0 Å². The molecule has 2 aromatic carbocycles. The van der Waals surface area contributed by atoms with Crippen LogP contribution < -0.4 is 10.6 Å². The molecule has 0 bridgehead atoms. The highest BCUT2D eigenvalue weighted by molar-refractivity contribution is 7.90. The zero-order chi connectivity index (χ0) is 24.3. The number of hydrogen-bond donors (Lipinski definition) is 4. The van der Waals surface area contributed by atoms with Crippen molar-refractivity contribution in [2.24, 2.45) is 0 Å². The van der Waals surface area contributed by atoms with Crippen molar-refractivity contribution in [1.29, 1.82) is 0 Å². The van der Waals surface area contributed by atoms with E-state index in [9.17, 15) is 13.5 Å². The van der Waals surface area contributed by atoms with Gasteiger partial charge in [-0.15, -0.1) is 0 Å². The molecule has 0 unspecified atom stereocenters. The number of aliphatic hydroxyl groups is 1. The summed E-state index contributed by atoms with van der Waals surface area (Å²) in [5.74, 6) is 0.811. The number of benzene rings is 2. The lowest BCUT2D eigenvalue weighted by molar-refractivity contribution is 0.276. The van der Waals surface area contributed by atoms with Crippen LogP contribution in [-0.2, 0) is 9.84 Å². The van der Waals surface area contributed by atoms with Gasteiger partial charge in [0.15, 0.2) is 9.84 Å². The van der Waals surface area contributed by atoms with E-state index in [1.807, 2.05) is 43.3 Å². The first-order chi connectivity index (χ1) is 16.2. The van der Waals surface area contributed by atoms with Crippen molar-refractivity contribution in [3.8, 4) is 11.3 Å². The van der Waals surface area contributed by atoms with Crippen LogP contribution in [0.4, 0.5) is 17.5 Å². The van der Waals surface area contributed by atoms with Crippen molar-refractivity contribution in [1.82, 2.24) is 20.2 Å². The Hall–Kier alpha value is -3.76. The topological polar surface area (TPSA) is 133 Å². The van der Waals surface area contributed by atoms with Crippen LogP contribution >= 0.6 is 0 Å². The van der Waals surface area contributed by atoms with E-state index in [0.29, 0.717) is 34.3 Å². The number of anilines is 3. The molecule has 0 fully saturated rings. The van der Waals surface area contributed by atoms with Crippen molar-refractivity contribution in [2.75, 3.05) is 23.5 Å². The number of aliphatic hydroxyl groups excluding tert-OH is 1. The van der Waals surface area contributed by atoms with Crippen LogP contribution in [0.2, 0.25) is 0 Å².